The van der Waals surface area contributed by atoms with E-state index in [1.165, 1.54) is 11.8 Å². The number of ketones is 1. The summed E-state index contributed by atoms with van der Waals surface area (Å²) in [5.41, 5.74) is 1.31. The molecule has 1 heterocycles. The zero-order valence-corrected chi connectivity index (χ0v) is 21.1. The fraction of sp³-hybridized carbons (Fsp3) is 0.292. The number of sulfone groups is 1. The van der Waals surface area contributed by atoms with E-state index in [-0.39, 0.29) is 21.0 Å². The number of hydrogen-bond acceptors (Lipinski definition) is 7. The Hall–Kier alpha value is -2.69. The molecule has 1 aliphatic rings. The SMILES string of the molecule is CS(=O)(=O)c1sc(NC(=O)Nc2ccccc2C(=O)C2CCCC2)nc1CSc1ccccc1. The van der Waals surface area contributed by atoms with Gasteiger partial charge in [0, 0.05) is 28.4 Å². The minimum absolute atomic E-state index is 0.00744. The van der Waals surface area contributed by atoms with Crippen LogP contribution in [0.3, 0.4) is 0 Å². The maximum absolute atomic E-state index is 12.9. The lowest BCUT2D eigenvalue weighted by molar-refractivity contribution is 0.0923. The van der Waals surface area contributed by atoms with E-state index in [1.54, 1.807) is 24.3 Å². The first-order chi connectivity index (χ1) is 16.3. The molecule has 1 aliphatic carbocycles. The number of carbonyl (C=O) groups excluding carboxylic acids is 2. The zero-order valence-electron chi connectivity index (χ0n) is 18.6. The molecule has 3 aromatic rings. The predicted molar refractivity (Wildman–Crippen MR) is 137 cm³/mol. The normalized spacial score (nSPS) is 14.1. The van der Waals surface area contributed by atoms with Gasteiger partial charge in [-0.15, -0.1) is 11.8 Å². The molecule has 1 aromatic heterocycles. The van der Waals surface area contributed by atoms with Crippen LogP contribution in [-0.4, -0.2) is 31.5 Å². The highest BCUT2D eigenvalue weighted by Gasteiger charge is 2.26. The van der Waals surface area contributed by atoms with Crippen molar-refractivity contribution in [3.8, 4) is 0 Å². The van der Waals surface area contributed by atoms with Gasteiger partial charge in [0.1, 0.15) is 4.21 Å². The molecule has 0 aliphatic heterocycles. The molecule has 2 amide bonds. The highest BCUT2D eigenvalue weighted by atomic mass is 32.2. The van der Waals surface area contributed by atoms with Gasteiger partial charge < -0.3 is 5.32 Å². The Labute approximate surface area is 207 Å². The molecule has 4 rings (SSSR count). The summed E-state index contributed by atoms with van der Waals surface area (Å²) in [6, 6.07) is 16.0. The second kappa shape index (κ2) is 10.7. The van der Waals surface area contributed by atoms with E-state index >= 15 is 0 Å². The first-order valence-electron chi connectivity index (χ1n) is 10.9. The van der Waals surface area contributed by atoms with Crippen molar-refractivity contribution in [2.24, 2.45) is 5.92 Å². The number of urea groups is 1. The predicted octanol–water partition coefficient (Wildman–Crippen LogP) is 5.86. The van der Waals surface area contributed by atoms with Gasteiger partial charge in [0.05, 0.1) is 11.4 Å². The Balaban J connectivity index is 1.48. The molecule has 0 saturated heterocycles. The van der Waals surface area contributed by atoms with Crippen molar-refractivity contribution >= 4 is 55.6 Å². The highest BCUT2D eigenvalue weighted by Crippen LogP contribution is 2.33. The summed E-state index contributed by atoms with van der Waals surface area (Å²) in [4.78, 5) is 31.0. The van der Waals surface area contributed by atoms with E-state index < -0.39 is 15.9 Å². The zero-order chi connectivity index (χ0) is 24.1. The lowest BCUT2D eigenvalue weighted by Crippen LogP contribution is -2.22. The molecule has 10 heteroatoms. The highest BCUT2D eigenvalue weighted by molar-refractivity contribution is 7.98. The molecule has 34 heavy (non-hydrogen) atoms. The van der Waals surface area contributed by atoms with Gasteiger partial charge in [-0.2, -0.15) is 0 Å². The third-order valence-corrected chi connectivity index (χ3v) is 9.40. The van der Waals surface area contributed by atoms with Crippen LogP contribution in [0.25, 0.3) is 0 Å². The van der Waals surface area contributed by atoms with E-state index in [4.69, 9.17) is 0 Å². The monoisotopic (exact) mass is 515 g/mol. The van der Waals surface area contributed by atoms with Gasteiger partial charge in [-0.25, -0.2) is 18.2 Å². The van der Waals surface area contributed by atoms with Crippen molar-refractivity contribution in [1.82, 2.24) is 4.98 Å². The van der Waals surface area contributed by atoms with Crippen molar-refractivity contribution in [1.29, 1.82) is 0 Å². The van der Waals surface area contributed by atoms with E-state index in [2.05, 4.69) is 15.6 Å². The number of para-hydroxylation sites is 1. The number of thiazole rings is 1. The van der Waals surface area contributed by atoms with Crippen LogP contribution in [0.2, 0.25) is 0 Å². The van der Waals surface area contributed by atoms with Gasteiger partial charge in [-0.1, -0.05) is 54.5 Å². The Bertz CT molecular complexity index is 1280. The quantitative estimate of drug-likeness (QED) is 0.288. The summed E-state index contributed by atoms with van der Waals surface area (Å²) in [6.45, 7) is 0. The molecule has 0 radical (unpaired) electrons. The fourth-order valence-corrected chi connectivity index (χ4v) is 7.05. The van der Waals surface area contributed by atoms with Crippen LogP contribution in [0.15, 0.2) is 63.7 Å². The molecule has 1 saturated carbocycles. The Morgan fingerprint density at radius 1 is 1.03 bits per heavy atom. The number of aromatic nitrogens is 1. The minimum atomic E-state index is -3.51. The molecule has 2 N–H and O–H groups in total. The molecular formula is C24H25N3O4S3. The van der Waals surface area contributed by atoms with Gasteiger partial charge in [-0.3, -0.25) is 10.1 Å². The standard InChI is InChI=1S/C24H25N3O4S3/c1-34(30,31)22-20(15-32-17-11-3-2-4-12-17)26-24(33-22)27-23(29)25-19-14-8-7-13-18(19)21(28)16-9-5-6-10-16/h2-4,7-8,11-14,16H,5-6,9-10,15H2,1H3,(H2,25,26,27,29). The van der Waals surface area contributed by atoms with Crippen molar-refractivity contribution in [3.63, 3.8) is 0 Å². The number of amides is 2. The van der Waals surface area contributed by atoms with E-state index in [1.807, 2.05) is 30.3 Å². The van der Waals surface area contributed by atoms with E-state index in [0.717, 1.165) is 48.2 Å². The largest absolute Gasteiger partial charge is 0.325 e. The smallest absolute Gasteiger partial charge is 0.307 e. The van der Waals surface area contributed by atoms with Crippen LogP contribution in [0.4, 0.5) is 15.6 Å². The molecule has 0 spiro atoms. The van der Waals surface area contributed by atoms with Gasteiger partial charge in [0.15, 0.2) is 20.8 Å². The number of Topliss-reactive ketones (excluding diaryl/α,β-unsaturated/α-hetero) is 1. The Morgan fingerprint density at radius 2 is 1.71 bits per heavy atom. The number of nitrogens with one attached hydrogen (secondary N) is 2. The molecule has 0 atom stereocenters. The van der Waals surface area contributed by atoms with Gasteiger partial charge >= 0.3 is 6.03 Å². The van der Waals surface area contributed by atoms with Crippen molar-refractivity contribution < 1.29 is 18.0 Å². The van der Waals surface area contributed by atoms with Crippen LogP contribution in [-0.2, 0) is 15.6 Å². The van der Waals surface area contributed by atoms with Gasteiger partial charge in [-0.05, 0) is 37.1 Å². The molecule has 7 nitrogen and oxygen atoms in total. The second-order valence-electron chi connectivity index (χ2n) is 8.10. The summed E-state index contributed by atoms with van der Waals surface area (Å²) in [5, 5.41) is 5.54. The van der Waals surface area contributed by atoms with Crippen molar-refractivity contribution in [2.75, 3.05) is 16.9 Å². The third kappa shape index (κ3) is 6.05. The van der Waals surface area contributed by atoms with E-state index in [9.17, 15) is 18.0 Å². The first kappa shape index (κ1) is 24.4. The van der Waals surface area contributed by atoms with E-state index in [0.29, 0.717) is 22.7 Å². The lowest BCUT2D eigenvalue weighted by Gasteiger charge is -2.13. The maximum Gasteiger partial charge on any atom is 0.325 e. The van der Waals surface area contributed by atoms with Crippen LogP contribution in [0.5, 0.6) is 0 Å². The molecule has 178 valence electrons. The first-order valence-corrected chi connectivity index (χ1v) is 14.6. The van der Waals surface area contributed by atoms with Crippen LogP contribution >= 0.6 is 23.1 Å². The molecule has 0 bridgehead atoms. The van der Waals surface area contributed by atoms with Crippen LogP contribution in [0.1, 0.15) is 41.7 Å². The Morgan fingerprint density at radius 3 is 2.41 bits per heavy atom. The summed E-state index contributed by atoms with van der Waals surface area (Å²) in [5.74, 6) is 0.388. The van der Waals surface area contributed by atoms with Crippen LogP contribution < -0.4 is 10.6 Å². The lowest BCUT2D eigenvalue weighted by atomic mass is 9.95. The number of hydrogen-bond donors (Lipinski definition) is 2. The number of benzene rings is 2. The Kier molecular flexibility index (Phi) is 7.70. The fourth-order valence-electron chi connectivity index (χ4n) is 3.91. The average molecular weight is 516 g/mol. The molecule has 0 unspecified atom stereocenters. The molecule has 2 aromatic carbocycles. The van der Waals surface area contributed by atoms with Gasteiger partial charge in [0.2, 0.25) is 0 Å². The maximum atomic E-state index is 12.9. The summed E-state index contributed by atoms with van der Waals surface area (Å²) < 4.78 is 24.7. The number of anilines is 2. The van der Waals surface area contributed by atoms with Crippen molar-refractivity contribution in [2.45, 2.75) is 40.5 Å². The summed E-state index contributed by atoms with van der Waals surface area (Å²) in [6.07, 6.45) is 4.97. The summed E-state index contributed by atoms with van der Waals surface area (Å²) >= 11 is 2.39. The topological polar surface area (TPSA) is 105 Å². The molecule has 1 fully saturated rings. The third-order valence-electron chi connectivity index (χ3n) is 5.50. The van der Waals surface area contributed by atoms with Gasteiger partial charge in [0.25, 0.3) is 0 Å². The molecular weight excluding hydrogens is 490 g/mol. The second-order valence-corrected chi connectivity index (χ2v) is 12.4. The van der Waals surface area contributed by atoms with Crippen molar-refractivity contribution in [3.05, 3.63) is 65.9 Å². The average Bonchev–Trinajstić information content (AvgIpc) is 3.48. The van der Waals surface area contributed by atoms with Crippen LogP contribution in [0, 0.1) is 5.92 Å². The number of nitrogens with zero attached hydrogens (tertiary/aromatic N) is 1. The minimum Gasteiger partial charge on any atom is -0.307 e. The number of rotatable bonds is 8. The number of carbonyl (C=O) groups is 2. The number of thioether (sulfide) groups is 1. The summed E-state index contributed by atoms with van der Waals surface area (Å²) in [7, 11) is -3.51.